The molecule has 18 heavy (non-hydrogen) atoms. The zero-order chi connectivity index (χ0) is 12.8. The molecule has 0 unspecified atom stereocenters. The molecule has 2 bridgehead atoms. The monoisotopic (exact) mass is 249 g/mol. The first-order valence-electron chi connectivity index (χ1n) is 6.33. The lowest BCUT2D eigenvalue weighted by molar-refractivity contribution is -0.163. The van der Waals surface area contributed by atoms with Crippen LogP contribution >= 0.6 is 0 Å². The number of carbonyl (C=O) groups is 3. The van der Waals surface area contributed by atoms with Crippen LogP contribution in [-0.2, 0) is 19.1 Å². The summed E-state index contributed by atoms with van der Waals surface area (Å²) in [6.45, 7) is -0.267. The fourth-order valence-corrected chi connectivity index (χ4v) is 3.27. The molecule has 2 amide bonds. The van der Waals surface area contributed by atoms with E-state index in [0.29, 0.717) is 5.92 Å². The summed E-state index contributed by atoms with van der Waals surface area (Å²) in [6, 6.07) is 0. The second kappa shape index (κ2) is 3.93. The van der Waals surface area contributed by atoms with E-state index in [9.17, 15) is 14.4 Å². The van der Waals surface area contributed by atoms with Crippen molar-refractivity contribution in [1.82, 2.24) is 4.90 Å². The van der Waals surface area contributed by atoms with E-state index >= 15 is 0 Å². The topological polar surface area (TPSA) is 63.7 Å². The van der Waals surface area contributed by atoms with Crippen molar-refractivity contribution in [3.63, 3.8) is 0 Å². The quantitative estimate of drug-likeness (QED) is 0.548. The lowest BCUT2D eigenvalue weighted by Crippen LogP contribution is -2.39. The summed E-state index contributed by atoms with van der Waals surface area (Å²) in [6.07, 6.45) is 7.38. The third-order valence-corrected chi connectivity index (χ3v) is 4.20. The highest BCUT2D eigenvalue weighted by molar-refractivity contribution is 6.14. The minimum atomic E-state index is -0.469. The largest absolute Gasteiger partial charge is 0.458 e. The van der Waals surface area contributed by atoms with Crippen LogP contribution in [0.3, 0.4) is 0 Å². The lowest BCUT2D eigenvalue weighted by Gasteiger charge is -2.27. The van der Waals surface area contributed by atoms with Gasteiger partial charge in [-0.15, -0.1) is 0 Å². The molecular formula is C13H15NO4. The summed E-state index contributed by atoms with van der Waals surface area (Å²) in [5, 5.41) is 0. The molecule has 0 aromatic carbocycles. The van der Waals surface area contributed by atoms with Crippen LogP contribution < -0.4 is 0 Å². The first-order chi connectivity index (χ1) is 8.58. The summed E-state index contributed by atoms with van der Waals surface area (Å²) in [4.78, 5) is 35.4. The number of esters is 1. The SMILES string of the molecule is O=C(CN1C(=O)C=CC1=O)OC12CCC(CC1)C2. The Kier molecular flexibility index (Phi) is 2.50. The molecule has 5 nitrogen and oxygen atoms in total. The summed E-state index contributed by atoms with van der Waals surface area (Å²) in [5.74, 6) is -0.659. The van der Waals surface area contributed by atoms with E-state index in [1.165, 1.54) is 12.2 Å². The van der Waals surface area contributed by atoms with Crippen LogP contribution in [0.15, 0.2) is 12.2 Å². The summed E-state index contributed by atoms with van der Waals surface area (Å²) >= 11 is 0. The predicted octanol–water partition coefficient (Wildman–Crippen LogP) is 0.787. The molecule has 0 N–H and O–H groups in total. The van der Waals surface area contributed by atoms with Crippen molar-refractivity contribution >= 4 is 17.8 Å². The van der Waals surface area contributed by atoms with Crippen LogP contribution in [0.1, 0.15) is 32.1 Å². The van der Waals surface area contributed by atoms with E-state index in [2.05, 4.69) is 0 Å². The highest BCUT2D eigenvalue weighted by atomic mass is 16.6. The normalized spacial score (nSPS) is 33.6. The van der Waals surface area contributed by atoms with Crippen molar-refractivity contribution in [3.05, 3.63) is 12.2 Å². The Morgan fingerprint density at radius 2 is 1.89 bits per heavy atom. The summed E-state index contributed by atoms with van der Waals surface area (Å²) in [5.41, 5.74) is -0.305. The van der Waals surface area contributed by atoms with Gasteiger partial charge in [-0.05, 0) is 38.0 Å². The molecule has 0 aromatic heterocycles. The minimum Gasteiger partial charge on any atom is -0.458 e. The zero-order valence-electron chi connectivity index (χ0n) is 10.1. The molecule has 1 aliphatic heterocycles. The smallest absolute Gasteiger partial charge is 0.326 e. The van der Waals surface area contributed by atoms with Crippen LogP contribution in [0.5, 0.6) is 0 Å². The maximum atomic E-state index is 11.8. The van der Waals surface area contributed by atoms with Crippen molar-refractivity contribution < 1.29 is 19.1 Å². The van der Waals surface area contributed by atoms with Crippen molar-refractivity contribution in [2.45, 2.75) is 37.7 Å². The molecule has 0 radical (unpaired) electrons. The van der Waals surface area contributed by atoms with E-state index < -0.39 is 17.8 Å². The standard InChI is InChI=1S/C13H15NO4/c15-10-1-2-11(16)14(10)8-12(17)18-13-5-3-9(7-13)4-6-13/h1-2,9H,3-8H2. The van der Waals surface area contributed by atoms with E-state index in [4.69, 9.17) is 4.74 Å². The molecule has 0 saturated heterocycles. The lowest BCUT2D eigenvalue weighted by atomic mass is 9.97. The number of amides is 2. The summed E-state index contributed by atoms with van der Waals surface area (Å²) < 4.78 is 5.54. The molecule has 5 heteroatoms. The average Bonchev–Trinajstić information content (AvgIpc) is 2.99. The third-order valence-electron chi connectivity index (χ3n) is 4.20. The summed E-state index contributed by atoms with van der Waals surface area (Å²) in [7, 11) is 0. The van der Waals surface area contributed by atoms with Crippen LogP contribution in [0.2, 0.25) is 0 Å². The van der Waals surface area contributed by atoms with E-state index in [-0.39, 0.29) is 12.1 Å². The van der Waals surface area contributed by atoms with Gasteiger partial charge in [0, 0.05) is 12.2 Å². The van der Waals surface area contributed by atoms with Crippen LogP contribution in [0.25, 0.3) is 0 Å². The first kappa shape index (κ1) is 11.4. The Morgan fingerprint density at radius 1 is 1.28 bits per heavy atom. The molecule has 3 aliphatic rings. The van der Waals surface area contributed by atoms with E-state index in [1.54, 1.807) is 0 Å². The predicted molar refractivity (Wildman–Crippen MR) is 61.3 cm³/mol. The van der Waals surface area contributed by atoms with Gasteiger partial charge in [0.2, 0.25) is 0 Å². The van der Waals surface area contributed by atoms with Crippen LogP contribution in [0.4, 0.5) is 0 Å². The van der Waals surface area contributed by atoms with Gasteiger partial charge in [0.1, 0.15) is 12.1 Å². The molecule has 3 rings (SSSR count). The maximum absolute atomic E-state index is 11.8. The van der Waals surface area contributed by atoms with Crippen molar-refractivity contribution in [2.75, 3.05) is 6.54 Å². The Balaban J connectivity index is 1.59. The van der Waals surface area contributed by atoms with Gasteiger partial charge in [0.05, 0.1) is 0 Å². The van der Waals surface area contributed by atoms with E-state index in [0.717, 1.165) is 37.0 Å². The third kappa shape index (κ3) is 1.83. The minimum absolute atomic E-state index is 0.267. The van der Waals surface area contributed by atoms with E-state index in [1.807, 2.05) is 0 Å². The second-order valence-corrected chi connectivity index (χ2v) is 5.40. The number of hydrogen-bond donors (Lipinski definition) is 0. The molecule has 0 spiro atoms. The highest BCUT2D eigenvalue weighted by Gasteiger charge is 2.48. The van der Waals surface area contributed by atoms with Gasteiger partial charge in [-0.3, -0.25) is 19.3 Å². The van der Waals surface area contributed by atoms with Gasteiger partial charge in [-0.2, -0.15) is 0 Å². The molecule has 2 saturated carbocycles. The molecule has 2 fully saturated rings. The Bertz CT molecular complexity index is 428. The number of hydrogen-bond acceptors (Lipinski definition) is 4. The number of rotatable bonds is 3. The Hall–Kier alpha value is -1.65. The zero-order valence-corrected chi connectivity index (χ0v) is 10.1. The fraction of sp³-hybridized carbons (Fsp3) is 0.615. The molecule has 0 aromatic rings. The second-order valence-electron chi connectivity index (χ2n) is 5.40. The molecule has 96 valence electrons. The van der Waals surface area contributed by atoms with Gasteiger partial charge in [0.25, 0.3) is 11.8 Å². The number of fused-ring (bicyclic) bond motifs is 2. The Labute approximate surface area is 105 Å². The van der Waals surface area contributed by atoms with Gasteiger partial charge < -0.3 is 4.74 Å². The molecule has 2 aliphatic carbocycles. The van der Waals surface area contributed by atoms with Crippen molar-refractivity contribution in [3.8, 4) is 0 Å². The average molecular weight is 249 g/mol. The van der Waals surface area contributed by atoms with Crippen molar-refractivity contribution in [1.29, 1.82) is 0 Å². The first-order valence-corrected chi connectivity index (χ1v) is 6.33. The van der Waals surface area contributed by atoms with Gasteiger partial charge in [0.15, 0.2) is 0 Å². The van der Waals surface area contributed by atoms with Gasteiger partial charge in [-0.1, -0.05) is 0 Å². The fourth-order valence-electron chi connectivity index (χ4n) is 3.27. The van der Waals surface area contributed by atoms with Gasteiger partial charge in [-0.25, -0.2) is 0 Å². The maximum Gasteiger partial charge on any atom is 0.326 e. The highest BCUT2D eigenvalue weighted by Crippen LogP contribution is 2.49. The molecule has 1 heterocycles. The number of carbonyl (C=O) groups excluding carboxylic acids is 3. The van der Waals surface area contributed by atoms with Crippen LogP contribution in [0, 0.1) is 5.92 Å². The van der Waals surface area contributed by atoms with Crippen LogP contribution in [-0.4, -0.2) is 34.8 Å². The number of imide groups is 1. The Morgan fingerprint density at radius 3 is 2.39 bits per heavy atom. The molecular weight excluding hydrogens is 234 g/mol. The van der Waals surface area contributed by atoms with Gasteiger partial charge >= 0.3 is 5.97 Å². The van der Waals surface area contributed by atoms with Crippen molar-refractivity contribution in [2.24, 2.45) is 5.92 Å². The number of ether oxygens (including phenoxy) is 1. The number of nitrogens with zero attached hydrogens (tertiary/aromatic N) is 1. The molecule has 0 atom stereocenters.